The lowest BCUT2D eigenvalue weighted by atomic mass is 10.1. The molecule has 1 aliphatic rings. The van der Waals surface area contributed by atoms with Gasteiger partial charge in [0, 0.05) is 10.9 Å². The van der Waals surface area contributed by atoms with E-state index in [-0.39, 0.29) is 16.9 Å². The molecule has 8 heteroatoms. The molecule has 130 valence electrons. The number of carbonyl (C=O) groups excluding carboxylic acids is 2. The monoisotopic (exact) mass is 367 g/mol. The molecule has 3 heterocycles. The van der Waals surface area contributed by atoms with E-state index in [9.17, 15) is 14.4 Å². The number of amides is 2. The summed E-state index contributed by atoms with van der Waals surface area (Å²) in [4.78, 5) is 37.1. The first-order valence-corrected chi connectivity index (χ1v) is 8.59. The molecule has 0 saturated carbocycles. The van der Waals surface area contributed by atoms with Crippen molar-refractivity contribution >= 4 is 29.0 Å². The molecule has 0 saturated heterocycles. The third-order valence-corrected chi connectivity index (χ3v) is 4.86. The highest BCUT2D eigenvalue weighted by Crippen LogP contribution is 2.24. The van der Waals surface area contributed by atoms with Gasteiger partial charge in [-0.3, -0.25) is 24.3 Å². The number of hydrogen-bond donors (Lipinski definition) is 2. The van der Waals surface area contributed by atoms with Crippen molar-refractivity contribution in [2.24, 2.45) is 0 Å². The van der Waals surface area contributed by atoms with Gasteiger partial charge in [-0.15, -0.1) is 11.3 Å². The molecule has 7 nitrogen and oxygen atoms in total. The summed E-state index contributed by atoms with van der Waals surface area (Å²) in [6, 6.07) is 11.8. The number of nitrogens with one attached hydrogen (secondary N) is 1. The molecule has 2 amide bonds. The molecule has 0 unspecified atom stereocenters. The van der Waals surface area contributed by atoms with Gasteiger partial charge in [0.1, 0.15) is 18.2 Å². The Bertz CT molecular complexity index is 1070. The second kappa shape index (κ2) is 6.16. The van der Waals surface area contributed by atoms with Crippen LogP contribution in [-0.4, -0.2) is 16.4 Å². The summed E-state index contributed by atoms with van der Waals surface area (Å²) in [5.41, 5.74) is 6.02. The summed E-state index contributed by atoms with van der Waals surface area (Å²) >= 11 is 1.61. The number of benzene rings is 1. The molecule has 4 rings (SSSR count). The largest absolute Gasteiger partial charge is 0.488 e. The predicted octanol–water partition coefficient (Wildman–Crippen LogP) is 1.94. The lowest BCUT2D eigenvalue weighted by Gasteiger charge is -2.12. The molecule has 0 radical (unpaired) electrons. The lowest BCUT2D eigenvalue weighted by molar-refractivity contribution is 0.0880. The zero-order valence-corrected chi connectivity index (χ0v) is 14.2. The number of imide groups is 1. The van der Waals surface area contributed by atoms with Crippen LogP contribution in [0.1, 0.15) is 25.6 Å². The van der Waals surface area contributed by atoms with E-state index >= 15 is 0 Å². The molecule has 0 spiro atoms. The van der Waals surface area contributed by atoms with Gasteiger partial charge >= 0.3 is 0 Å². The maximum atomic E-state index is 12.4. The fourth-order valence-corrected chi connectivity index (χ4v) is 3.40. The minimum Gasteiger partial charge on any atom is -0.488 e. The minimum atomic E-state index is -0.613. The summed E-state index contributed by atoms with van der Waals surface area (Å²) in [6.45, 7) is 0.459. The first-order valence-electron chi connectivity index (χ1n) is 7.71. The zero-order chi connectivity index (χ0) is 18.3. The van der Waals surface area contributed by atoms with E-state index in [0.29, 0.717) is 18.0 Å². The highest BCUT2D eigenvalue weighted by Gasteiger charge is 2.31. The highest BCUT2D eigenvalue weighted by molar-refractivity contribution is 7.09. The molecule has 0 atom stereocenters. The number of nitrogens with two attached hydrogens (primary N) is 1. The van der Waals surface area contributed by atoms with Crippen LogP contribution in [0.25, 0.3) is 5.69 Å². The molecular formula is C18H13N3O4S. The topological polar surface area (TPSA) is 103 Å². The number of hydrogen-bond acceptors (Lipinski definition) is 6. The maximum Gasteiger partial charge on any atom is 0.262 e. The summed E-state index contributed by atoms with van der Waals surface area (Å²) in [6.07, 6.45) is 0. The van der Waals surface area contributed by atoms with Crippen LogP contribution < -0.4 is 21.3 Å². The second-order valence-corrected chi connectivity index (χ2v) is 6.67. The standard InChI is InChI=1S/C18H13N3O4S/c19-16-15-13(17(23)20-18(15)24)8-14(22)21(16)10-3-5-11(6-4-10)25-9-12-2-1-7-26-12/h1-8H,9,19H2,(H,20,23,24). The average molecular weight is 367 g/mol. The van der Waals surface area contributed by atoms with Crippen LogP contribution in [0.2, 0.25) is 0 Å². The van der Waals surface area contributed by atoms with Crippen molar-refractivity contribution in [3.63, 3.8) is 0 Å². The van der Waals surface area contributed by atoms with Crippen molar-refractivity contribution in [2.75, 3.05) is 5.73 Å². The van der Waals surface area contributed by atoms with Gasteiger partial charge in [0.25, 0.3) is 17.4 Å². The maximum absolute atomic E-state index is 12.4. The first kappa shape index (κ1) is 16.1. The Hall–Kier alpha value is -3.39. The Morgan fingerprint density at radius 3 is 2.54 bits per heavy atom. The number of anilines is 1. The first-order chi connectivity index (χ1) is 12.5. The van der Waals surface area contributed by atoms with E-state index in [0.717, 1.165) is 10.9 Å². The third kappa shape index (κ3) is 2.66. The van der Waals surface area contributed by atoms with Crippen LogP contribution >= 0.6 is 11.3 Å². The Morgan fingerprint density at radius 2 is 1.85 bits per heavy atom. The number of pyridine rings is 1. The number of aromatic nitrogens is 1. The van der Waals surface area contributed by atoms with Crippen LogP contribution in [-0.2, 0) is 6.61 Å². The third-order valence-electron chi connectivity index (χ3n) is 4.01. The lowest BCUT2D eigenvalue weighted by Crippen LogP contribution is -2.24. The van der Waals surface area contributed by atoms with E-state index in [1.165, 1.54) is 4.57 Å². The highest BCUT2D eigenvalue weighted by atomic mass is 32.1. The number of carbonyl (C=O) groups is 2. The number of thiophene rings is 1. The molecule has 0 fully saturated rings. The number of rotatable bonds is 4. The van der Waals surface area contributed by atoms with Crippen LogP contribution in [0, 0.1) is 0 Å². The van der Waals surface area contributed by atoms with Gasteiger partial charge in [-0.2, -0.15) is 0 Å². The fraction of sp³-hybridized carbons (Fsp3) is 0.0556. The van der Waals surface area contributed by atoms with Crippen LogP contribution in [0.15, 0.2) is 52.6 Å². The van der Waals surface area contributed by atoms with Gasteiger partial charge in [-0.1, -0.05) is 6.07 Å². The number of fused-ring (bicyclic) bond motifs is 1. The fourth-order valence-electron chi connectivity index (χ4n) is 2.79. The summed E-state index contributed by atoms with van der Waals surface area (Å²) in [5.74, 6) is -0.642. The molecule has 26 heavy (non-hydrogen) atoms. The molecule has 1 aliphatic heterocycles. The van der Waals surface area contributed by atoms with E-state index in [4.69, 9.17) is 10.5 Å². The van der Waals surface area contributed by atoms with Gasteiger partial charge in [-0.25, -0.2) is 0 Å². The Kier molecular flexibility index (Phi) is 3.81. The quantitative estimate of drug-likeness (QED) is 0.686. The smallest absolute Gasteiger partial charge is 0.262 e. The second-order valence-electron chi connectivity index (χ2n) is 5.64. The van der Waals surface area contributed by atoms with Crippen molar-refractivity contribution in [2.45, 2.75) is 6.61 Å². The van der Waals surface area contributed by atoms with Gasteiger partial charge in [0.05, 0.1) is 16.8 Å². The number of nitrogen functional groups attached to an aromatic ring is 1. The molecular weight excluding hydrogens is 354 g/mol. The Labute approximate surface area is 151 Å². The Morgan fingerprint density at radius 1 is 1.08 bits per heavy atom. The van der Waals surface area contributed by atoms with Crippen molar-refractivity contribution in [1.82, 2.24) is 9.88 Å². The molecule has 3 N–H and O–H groups in total. The van der Waals surface area contributed by atoms with E-state index in [1.54, 1.807) is 35.6 Å². The van der Waals surface area contributed by atoms with E-state index in [1.807, 2.05) is 17.5 Å². The number of nitrogens with zero attached hydrogens (tertiary/aromatic N) is 1. The molecule has 0 bridgehead atoms. The summed E-state index contributed by atoms with van der Waals surface area (Å²) < 4.78 is 6.88. The van der Waals surface area contributed by atoms with Crippen LogP contribution in [0.5, 0.6) is 5.75 Å². The predicted molar refractivity (Wildman–Crippen MR) is 96.9 cm³/mol. The molecule has 0 aliphatic carbocycles. The molecule has 1 aromatic carbocycles. The van der Waals surface area contributed by atoms with Crippen LogP contribution in [0.4, 0.5) is 5.82 Å². The average Bonchev–Trinajstić information content (AvgIpc) is 3.22. The molecule has 3 aromatic rings. The van der Waals surface area contributed by atoms with Crippen LogP contribution in [0.3, 0.4) is 0 Å². The normalized spacial score (nSPS) is 12.8. The van der Waals surface area contributed by atoms with Crippen molar-refractivity contribution in [1.29, 1.82) is 0 Å². The van der Waals surface area contributed by atoms with Gasteiger partial charge in [-0.05, 0) is 35.7 Å². The van der Waals surface area contributed by atoms with Gasteiger partial charge in [0.2, 0.25) is 0 Å². The Balaban J connectivity index is 1.66. The minimum absolute atomic E-state index is 0.00431. The van der Waals surface area contributed by atoms with Crippen molar-refractivity contribution in [3.8, 4) is 11.4 Å². The number of ether oxygens (including phenoxy) is 1. The summed E-state index contributed by atoms with van der Waals surface area (Å²) in [7, 11) is 0. The van der Waals surface area contributed by atoms with Gasteiger partial charge in [0.15, 0.2) is 0 Å². The zero-order valence-electron chi connectivity index (χ0n) is 13.4. The van der Waals surface area contributed by atoms with Crippen molar-refractivity contribution in [3.05, 3.63) is 74.2 Å². The van der Waals surface area contributed by atoms with Gasteiger partial charge < -0.3 is 10.5 Å². The molecule has 2 aromatic heterocycles. The SMILES string of the molecule is Nc1c2c(cc(=O)n1-c1ccc(OCc3cccs3)cc1)C(=O)NC2=O. The van der Waals surface area contributed by atoms with E-state index < -0.39 is 17.4 Å². The van der Waals surface area contributed by atoms with Crippen molar-refractivity contribution < 1.29 is 14.3 Å². The van der Waals surface area contributed by atoms with E-state index in [2.05, 4.69) is 5.32 Å². The summed E-state index contributed by atoms with van der Waals surface area (Å²) in [5, 5.41) is 4.12.